The Hall–Kier alpha value is -0.810. The van der Waals surface area contributed by atoms with Gasteiger partial charge in [0, 0.05) is 63.1 Å². The van der Waals surface area contributed by atoms with Gasteiger partial charge in [-0.25, -0.2) is 0 Å². The Morgan fingerprint density at radius 2 is 1.38 bits per heavy atom. The first-order chi connectivity index (χ1) is 10.3. The maximum Gasteiger partial charge on any atom is 0.0594 e. The summed E-state index contributed by atoms with van der Waals surface area (Å²) in [5.74, 6) is 0. The third-order valence-electron chi connectivity index (χ3n) is 4.40. The van der Waals surface area contributed by atoms with E-state index in [0.29, 0.717) is 0 Å². The molecule has 0 atom stereocenters. The van der Waals surface area contributed by atoms with Crippen LogP contribution in [0.5, 0.6) is 0 Å². The number of halogens is 1. The summed E-state index contributed by atoms with van der Waals surface area (Å²) in [6, 6.07) is 8.18. The molecule has 2 fully saturated rings. The van der Waals surface area contributed by atoms with Crippen LogP contribution in [0.1, 0.15) is 0 Å². The van der Waals surface area contributed by atoms with E-state index in [2.05, 4.69) is 26.8 Å². The highest BCUT2D eigenvalue weighted by molar-refractivity contribution is 6.30. The van der Waals surface area contributed by atoms with Gasteiger partial charge in [0.1, 0.15) is 0 Å². The molecule has 2 aliphatic heterocycles. The number of morpholine rings is 1. The monoisotopic (exact) mass is 309 g/mol. The molecular weight excluding hydrogens is 286 g/mol. The normalized spacial score (nSPS) is 21.7. The Balaban J connectivity index is 1.41. The zero-order chi connectivity index (χ0) is 14.5. The Bertz CT molecular complexity index is 426. The summed E-state index contributed by atoms with van der Waals surface area (Å²) in [6.07, 6.45) is 0. The van der Waals surface area contributed by atoms with Crippen LogP contribution in [0.25, 0.3) is 0 Å². The van der Waals surface area contributed by atoms with Gasteiger partial charge in [-0.1, -0.05) is 11.6 Å². The largest absolute Gasteiger partial charge is 0.379 e. The molecule has 2 heterocycles. The topological polar surface area (TPSA) is 19.0 Å². The van der Waals surface area contributed by atoms with Gasteiger partial charge in [0.15, 0.2) is 0 Å². The molecule has 0 aliphatic carbocycles. The number of benzene rings is 1. The second-order valence-electron chi connectivity index (χ2n) is 5.76. The van der Waals surface area contributed by atoms with Gasteiger partial charge in [-0.3, -0.25) is 9.80 Å². The van der Waals surface area contributed by atoms with Crippen LogP contribution in [0.15, 0.2) is 24.3 Å². The summed E-state index contributed by atoms with van der Waals surface area (Å²) in [7, 11) is 0. The summed E-state index contributed by atoms with van der Waals surface area (Å²) >= 11 is 5.95. The van der Waals surface area contributed by atoms with Crippen LogP contribution in [0, 0.1) is 0 Å². The van der Waals surface area contributed by atoms with Gasteiger partial charge in [-0.2, -0.15) is 0 Å². The van der Waals surface area contributed by atoms with Crippen LogP contribution < -0.4 is 4.90 Å². The predicted molar refractivity (Wildman–Crippen MR) is 87.4 cm³/mol. The summed E-state index contributed by atoms with van der Waals surface area (Å²) < 4.78 is 5.39. The number of nitrogens with zero attached hydrogens (tertiary/aromatic N) is 3. The van der Waals surface area contributed by atoms with Gasteiger partial charge in [0.05, 0.1) is 13.2 Å². The summed E-state index contributed by atoms with van der Waals surface area (Å²) in [4.78, 5) is 7.53. The third kappa shape index (κ3) is 4.33. The summed E-state index contributed by atoms with van der Waals surface area (Å²) in [5.41, 5.74) is 1.28. The van der Waals surface area contributed by atoms with Gasteiger partial charge in [0.2, 0.25) is 0 Å². The molecule has 116 valence electrons. The molecule has 0 N–H and O–H groups in total. The van der Waals surface area contributed by atoms with E-state index in [9.17, 15) is 0 Å². The molecule has 4 nitrogen and oxygen atoms in total. The Morgan fingerprint density at radius 3 is 2.00 bits per heavy atom. The molecule has 1 aromatic carbocycles. The lowest BCUT2D eigenvalue weighted by Crippen LogP contribution is -2.49. The molecule has 0 aromatic heterocycles. The highest BCUT2D eigenvalue weighted by Gasteiger charge is 2.18. The predicted octanol–water partition coefficient (Wildman–Crippen LogP) is 1.79. The fraction of sp³-hybridized carbons (Fsp3) is 0.625. The molecule has 2 aliphatic rings. The van der Waals surface area contributed by atoms with Crippen molar-refractivity contribution in [1.29, 1.82) is 0 Å². The first kappa shape index (κ1) is 15.1. The standard InChI is InChI=1S/C16H24ClN3O/c17-15-1-3-16(4-2-15)20-9-7-18(8-10-20)5-6-19-11-13-21-14-12-19/h1-4H,5-14H2. The van der Waals surface area contributed by atoms with Crippen molar-refractivity contribution in [3.8, 4) is 0 Å². The average Bonchev–Trinajstić information content (AvgIpc) is 2.55. The highest BCUT2D eigenvalue weighted by atomic mass is 35.5. The van der Waals surface area contributed by atoms with Crippen molar-refractivity contribution in [2.24, 2.45) is 0 Å². The lowest BCUT2D eigenvalue weighted by atomic mass is 10.2. The molecule has 3 rings (SSSR count). The molecule has 1 aromatic rings. The summed E-state index contributed by atoms with van der Waals surface area (Å²) in [5, 5.41) is 0.808. The summed E-state index contributed by atoms with van der Waals surface area (Å²) in [6.45, 7) is 10.8. The molecule has 0 amide bonds. The van der Waals surface area contributed by atoms with Crippen LogP contribution in [0.2, 0.25) is 5.02 Å². The van der Waals surface area contributed by atoms with Crippen molar-refractivity contribution in [3.63, 3.8) is 0 Å². The third-order valence-corrected chi connectivity index (χ3v) is 4.65. The van der Waals surface area contributed by atoms with E-state index in [0.717, 1.165) is 57.5 Å². The van der Waals surface area contributed by atoms with Crippen LogP contribution in [-0.4, -0.2) is 75.4 Å². The van der Waals surface area contributed by atoms with Gasteiger partial charge in [0.25, 0.3) is 0 Å². The van der Waals surface area contributed by atoms with E-state index in [4.69, 9.17) is 16.3 Å². The molecule has 0 spiro atoms. The van der Waals surface area contributed by atoms with Crippen LogP contribution in [-0.2, 0) is 4.74 Å². The molecule has 0 unspecified atom stereocenters. The fourth-order valence-corrected chi connectivity index (χ4v) is 3.12. The molecule has 21 heavy (non-hydrogen) atoms. The second kappa shape index (κ2) is 7.45. The lowest BCUT2D eigenvalue weighted by molar-refractivity contribution is 0.0331. The Kier molecular flexibility index (Phi) is 5.36. The Morgan fingerprint density at radius 1 is 0.810 bits per heavy atom. The van der Waals surface area contributed by atoms with Gasteiger partial charge < -0.3 is 9.64 Å². The van der Waals surface area contributed by atoms with E-state index < -0.39 is 0 Å². The van der Waals surface area contributed by atoms with Gasteiger partial charge in [-0.15, -0.1) is 0 Å². The van der Waals surface area contributed by atoms with E-state index in [1.54, 1.807) is 0 Å². The Labute approximate surface area is 132 Å². The molecule has 0 radical (unpaired) electrons. The van der Waals surface area contributed by atoms with Crippen LogP contribution >= 0.6 is 11.6 Å². The van der Waals surface area contributed by atoms with Crippen molar-refractivity contribution in [2.75, 3.05) is 70.5 Å². The minimum atomic E-state index is 0.808. The zero-order valence-corrected chi connectivity index (χ0v) is 13.3. The second-order valence-corrected chi connectivity index (χ2v) is 6.20. The minimum absolute atomic E-state index is 0.808. The number of anilines is 1. The smallest absolute Gasteiger partial charge is 0.0594 e. The molecule has 0 bridgehead atoms. The first-order valence-electron chi connectivity index (χ1n) is 7.84. The number of hydrogen-bond acceptors (Lipinski definition) is 4. The molecule has 2 saturated heterocycles. The van der Waals surface area contributed by atoms with E-state index in [-0.39, 0.29) is 0 Å². The van der Waals surface area contributed by atoms with Crippen LogP contribution in [0.3, 0.4) is 0 Å². The molecule has 0 saturated carbocycles. The molecular formula is C16H24ClN3O. The van der Waals surface area contributed by atoms with E-state index in [1.807, 2.05) is 12.1 Å². The van der Waals surface area contributed by atoms with Crippen molar-refractivity contribution in [1.82, 2.24) is 9.80 Å². The lowest BCUT2D eigenvalue weighted by Gasteiger charge is -2.37. The van der Waals surface area contributed by atoms with E-state index in [1.165, 1.54) is 18.8 Å². The van der Waals surface area contributed by atoms with Gasteiger partial charge >= 0.3 is 0 Å². The number of hydrogen-bond donors (Lipinski definition) is 0. The van der Waals surface area contributed by atoms with E-state index >= 15 is 0 Å². The maximum atomic E-state index is 5.95. The SMILES string of the molecule is Clc1ccc(N2CCN(CCN3CCOCC3)CC2)cc1. The van der Waals surface area contributed by atoms with Crippen molar-refractivity contribution >= 4 is 17.3 Å². The number of rotatable bonds is 4. The van der Waals surface area contributed by atoms with Crippen molar-refractivity contribution < 1.29 is 4.74 Å². The first-order valence-corrected chi connectivity index (χ1v) is 8.22. The van der Waals surface area contributed by atoms with Gasteiger partial charge in [-0.05, 0) is 24.3 Å². The molecule has 5 heteroatoms. The number of ether oxygens (including phenoxy) is 1. The number of piperazine rings is 1. The van der Waals surface area contributed by atoms with Crippen molar-refractivity contribution in [2.45, 2.75) is 0 Å². The minimum Gasteiger partial charge on any atom is -0.379 e. The zero-order valence-electron chi connectivity index (χ0n) is 12.5. The van der Waals surface area contributed by atoms with Crippen LogP contribution in [0.4, 0.5) is 5.69 Å². The highest BCUT2D eigenvalue weighted by Crippen LogP contribution is 2.19. The van der Waals surface area contributed by atoms with Crippen molar-refractivity contribution in [3.05, 3.63) is 29.3 Å². The maximum absolute atomic E-state index is 5.95. The fourth-order valence-electron chi connectivity index (χ4n) is 2.99. The quantitative estimate of drug-likeness (QED) is 0.844. The average molecular weight is 310 g/mol.